The van der Waals surface area contributed by atoms with E-state index >= 15 is 0 Å². The first-order valence-corrected chi connectivity index (χ1v) is 7.80. The first kappa shape index (κ1) is 15.3. The van der Waals surface area contributed by atoms with Crippen LogP contribution in [0.1, 0.15) is 71.3 Å². The molecule has 102 valence electrons. The standard InChI is InChI=1S/C18H30/c1-4-14-18(6-3,15-5-2)16-10-13-17-11-8-7-9-12-17/h7-9,11-12H,4-6,10,13-16H2,1-3H3. The molecule has 0 aliphatic heterocycles. The van der Waals surface area contributed by atoms with Gasteiger partial charge in [0.25, 0.3) is 0 Å². The Balaban J connectivity index is 2.46. The van der Waals surface area contributed by atoms with Crippen molar-refractivity contribution in [2.45, 2.75) is 72.1 Å². The Morgan fingerprint density at radius 3 is 1.94 bits per heavy atom. The summed E-state index contributed by atoms with van der Waals surface area (Å²) in [6, 6.07) is 10.9. The molecule has 0 nitrogen and oxygen atoms in total. The highest BCUT2D eigenvalue weighted by atomic mass is 14.3. The van der Waals surface area contributed by atoms with Gasteiger partial charge in [0.1, 0.15) is 0 Å². The van der Waals surface area contributed by atoms with Crippen molar-refractivity contribution < 1.29 is 0 Å². The molecule has 0 radical (unpaired) electrons. The zero-order chi connectivity index (χ0) is 13.3. The molecule has 0 heteroatoms. The van der Waals surface area contributed by atoms with Crippen molar-refractivity contribution in [1.82, 2.24) is 0 Å². The van der Waals surface area contributed by atoms with E-state index in [0.29, 0.717) is 5.41 Å². The lowest BCUT2D eigenvalue weighted by Gasteiger charge is -2.32. The molecule has 0 heterocycles. The van der Waals surface area contributed by atoms with Gasteiger partial charge in [-0.15, -0.1) is 0 Å². The van der Waals surface area contributed by atoms with Crippen LogP contribution >= 0.6 is 0 Å². The highest BCUT2D eigenvalue weighted by Gasteiger charge is 2.25. The van der Waals surface area contributed by atoms with E-state index in [9.17, 15) is 0 Å². The van der Waals surface area contributed by atoms with E-state index < -0.39 is 0 Å². The van der Waals surface area contributed by atoms with Crippen LogP contribution < -0.4 is 0 Å². The maximum Gasteiger partial charge on any atom is -0.0279 e. The molecule has 0 spiro atoms. The summed E-state index contributed by atoms with van der Waals surface area (Å²) in [5, 5.41) is 0. The second-order valence-electron chi connectivity index (χ2n) is 5.69. The van der Waals surface area contributed by atoms with Crippen molar-refractivity contribution >= 4 is 0 Å². The number of aryl methyl sites for hydroxylation is 1. The molecule has 1 aromatic carbocycles. The van der Waals surface area contributed by atoms with Crippen LogP contribution in [0.5, 0.6) is 0 Å². The van der Waals surface area contributed by atoms with Crippen LogP contribution in [0.3, 0.4) is 0 Å². The summed E-state index contributed by atoms with van der Waals surface area (Å²) in [7, 11) is 0. The van der Waals surface area contributed by atoms with Gasteiger partial charge in [0, 0.05) is 0 Å². The van der Waals surface area contributed by atoms with Crippen molar-refractivity contribution in [3.05, 3.63) is 35.9 Å². The molecule has 0 saturated carbocycles. The SMILES string of the molecule is CCCC(CC)(CCC)CCCc1ccccc1. The molecule has 0 atom stereocenters. The summed E-state index contributed by atoms with van der Waals surface area (Å²) in [6.45, 7) is 7.04. The van der Waals surface area contributed by atoms with E-state index in [1.807, 2.05) is 0 Å². The highest BCUT2D eigenvalue weighted by molar-refractivity contribution is 5.14. The Hall–Kier alpha value is -0.780. The minimum Gasteiger partial charge on any atom is -0.0654 e. The molecule has 0 N–H and O–H groups in total. The van der Waals surface area contributed by atoms with Gasteiger partial charge >= 0.3 is 0 Å². The quantitative estimate of drug-likeness (QED) is 0.501. The molecule has 0 aliphatic rings. The fourth-order valence-electron chi connectivity index (χ4n) is 3.28. The predicted octanol–water partition coefficient (Wildman–Crippen LogP) is 6.01. The van der Waals surface area contributed by atoms with Crippen molar-refractivity contribution in [2.75, 3.05) is 0 Å². The summed E-state index contributed by atoms with van der Waals surface area (Å²) in [6.07, 6.45) is 10.8. The third-order valence-corrected chi connectivity index (χ3v) is 4.33. The molecule has 0 aromatic heterocycles. The van der Waals surface area contributed by atoms with E-state index in [0.717, 1.165) is 0 Å². The zero-order valence-corrected chi connectivity index (χ0v) is 12.5. The average molecular weight is 246 g/mol. The van der Waals surface area contributed by atoms with Crippen LogP contribution in [-0.4, -0.2) is 0 Å². The van der Waals surface area contributed by atoms with E-state index in [2.05, 4.69) is 51.1 Å². The summed E-state index contributed by atoms with van der Waals surface area (Å²) in [4.78, 5) is 0. The fourth-order valence-corrected chi connectivity index (χ4v) is 3.28. The largest absolute Gasteiger partial charge is 0.0654 e. The molecule has 0 aliphatic carbocycles. The van der Waals surface area contributed by atoms with Gasteiger partial charge in [-0.1, -0.05) is 70.4 Å². The van der Waals surface area contributed by atoms with E-state index in [1.165, 1.54) is 56.9 Å². The van der Waals surface area contributed by atoms with Crippen molar-refractivity contribution in [3.63, 3.8) is 0 Å². The van der Waals surface area contributed by atoms with E-state index in [1.54, 1.807) is 0 Å². The van der Waals surface area contributed by atoms with Crippen LogP contribution in [0.25, 0.3) is 0 Å². The Morgan fingerprint density at radius 2 is 1.44 bits per heavy atom. The lowest BCUT2D eigenvalue weighted by Crippen LogP contribution is -2.19. The molecule has 0 bridgehead atoms. The number of benzene rings is 1. The maximum absolute atomic E-state index is 2.38. The minimum absolute atomic E-state index is 0.623. The Labute approximate surface area is 114 Å². The summed E-state index contributed by atoms with van der Waals surface area (Å²) in [5.74, 6) is 0. The Morgan fingerprint density at radius 1 is 0.833 bits per heavy atom. The molecule has 0 unspecified atom stereocenters. The van der Waals surface area contributed by atoms with Gasteiger partial charge in [-0.2, -0.15) is 0 Å². The summed E-state index contributed by atoms with van der Waals surface area (Å²) >= 11 is 0. The van der Waals surface area contributed by atoms with Crippen molar-refractivity contribution in [2.24, 2.45) is 5.41 Å². The first-order chi connectivity index (χ1) is 8.76. The Kier molecular flexibility index (Phi) is 7.08. The van der Waals surface area contributed by atoms with Gasteiger partial charge in [-0.3, -0.25) is 0 Å². The van der Waals surface area contributed by atoms with Crippen LogP contribution in [-0.2, 0) is 6.42 Å². The molecular formula is C18H30. The minimum atomic E-state index is 0.623. The molecule has 18 heavy (non-hydrogen) atoms. The summed E-state index contributed by atoms with van der Waals surface area (Å²) < 4.78 is 0. The van der Waals surface area contributed by atoms with Crippen LogP contribution in [0.4, 0.5) is 0 Å². The second kappa shape index (κ2) is 8.34. The monoisotopic (exact) mass is 246 g/mol. The zero-order valence-electron chi connectivity index (χ0n) is 12.5. The van der Waals surface area contributed by atoms with Gasteiger partial charge < -0.3 is 0 Å². The topological polar surface area (TPSA) is 0 Å². The van der Waals surface area contributed by atoms with Crippen molar-refractivity contribution in [1.29, 1.82) is 0 Å². The molecular weight excluding hydrogens is 216 g/mol. The predicted molar refractivity (Wildman–Crippen MR) is 81.9 cm³/mol. The molecule has 0 amide bonds. The van der Waals surface area contributed by atoms with Crippen LogP contribution in [0.15, 0.2) is 30.3 Å². The number of rotatable bonds is 9. The number of hydrogen-bond donors (Lipinski definition) is 0. The van der Waals surface area contributed by atoms with Crippen molar-refractivity contribution in [3.8, 4) is 0 Å². The van der Waals surface area contributed by atoms with Gasteiger partial charge in [-0.05, 0) is 43.1 Å². The van der Waals surface area contributed by atoms with Gasteiger partial charge in [0.05, 0.1) is 0 Å². The van der Waals surface area contributed by atoms with Gasteiger partial charge in [-0.25, -0.2) is 0 Å². The third-order valence-electron chi connectivity index (χ3n) is 4.33. The third kappa shape index (κ3) is 4.84. The van der Waals surface area contributed by atoms with Gasteiger partial charge in [0.2, 0.25) is 0 Å². The van der Waals surface area contributed by atoms with E-state index in [-0.39, 0.29) is 0 Å². The Bertz CT molecular complexity index is 293. The lowest BCUT2D eigenvalue weighted by molar-refractivity contribution is 0.199. The highest BCUT2D eigenvalue weighted by Crippen LogP contribution is 2.38. The van der Waals surface area contributed by atoms with Gasteiger partial charge in [0.15, 0.2) is 0 Å². The normalized spacial score (nSPS) is 11.7. The number of hydrogen-bond acceptors (Lipinski definition) is 0. The van der Waals surface area contributed by atoms with Crippen LogP contribution in [0.2, 0.25) is 0 Å². The fraction of sp³-hybridized carbons (Fsp3) is 0.667. The molecule has 1 rings (SSSR count). The van der Waals surface area contributed by atoms with E-state index in [4.69, 9.17) is 0 Å². The van der Waals surface area contributed by atoms with Crippen LogP contribution in [0, 0.1) is 5.41 Å². The molecule has 0 saturated heterocycles. The molecule has 1 aromatic rings. The molecule has 0 fully saturated rings. The summed E-state index contributed by atoms with van der Waals surface area (Å²) in [5.41, 5.74) is 2.12. The second-order valence-corrected chi connectivity index (χ2v) is 5.69. The first-order valence-electron chi connectivity index (χ1n) is 7.80. The maximum atomic E-state index is 2.38. The average Bonchev–Trinajstić information content (AvgIpc) is 2.40. The lowest BCUT2D eigenvalue weighted by atomic mass is 9.73. The smallest absolute Gasteiger partial charge is 0.0279 e.